The summed E-state index contributed by atoms with van der Waals surface area (Å²) in [5.74, 6) is -4.95. The van der Waals surface area contributed by atoms with Gasteiger partial charge in [0.2, 0.25) is 23.6 Å². The number of aliphatic hydroxyl groups excluding tert-OH is 1. The number of hydrogen-bond donors (Lipinski definition) is 9. The molecule has 0 aromatic carbocycles. The SMILES string of the molecule is CC(NC(=O)C(CCCN=C(N)N)NC(=O)C(CO)NC(=O)C(N)CC(N)=O)C(=O)O. The van der Waals surface area contributed by atoms with Crippen molar-refractivity contribution in [2.75, 3.05) is 13.2 Å². The molecule has 0 aliphatic carbocycles. The summed E-state index contributed by atoms with van der Waals surface area (Å²) in [5.41, 5.74) is 20.9. The zero-order valence-corrected chi connectivity index (χ0v) is 17.0. The normalized spacial score (nSPS) is 14.3. The molecule has 0 aromatic heterocycles. The van der Waals surface area contributed by atoms with Gasteiger partial charge >= 0.3 is 5.97 Å². The van der Waals surface area contributed by atoms with Gasteiger partial charge in [-0.15, -0.1) is 0 Å². The topological polar surface area (TPSA) is 278 Å². The van der Waals surface area contributed by atoms with Gasteiger partial charge in [0, 0.05) is 6.54 Å². The molecule has 15 nitrogen and oxygen atoms in total. The molecule has 15 heteroatoms. The Kier molecular flexibility index (Phi) is 12.2. The molecule has 0 aromatic rings. The van der Waals surface area contributed by atoms with Crippen LogP contribution in [0.2, 0.25) is 0 Å². The molecule has 0 saturated carbocycles. The van der Waals surface area contributed by atoms with E-state index in [1.54, 1.807) is 0 Å². The lowest BCUT2D eigenvalue weighted by Crippen LogP contribution is -2.58. The van der Waals surface area contributed by atoms with E-state index in [1.165, 1.54) is 6.92 Å². The molecule has 0 fully saturated rings. The highest BCUT2D eigenvalue weighted by atomic mass is 16.4. The zero-order valence-electron chi connectivity index (χ0n) is 17.0. The third-order valence-corrected chi connectivity index (χ3v) is 3.88. The molecule has 0 rings (SSSR count). The number of primary amides is 1. The smallest absolute Gasteiger partial charge is 0.325 e. The second-order valence-corrected chi connectivity index (χ2v) is 6.60. The van der Waals surface area contributed by atoms with Crippen molar-refractivity contribution in [1.29, 1.82) is 0 Å². The lowest BCUT2D eigenvalue weighted by atomic mass is 10.1. The maximum atomic E-state index is 12.4. The Labute approximate surface area is 178 Å². The van der Waals surface area contributed by atoms with Gasteiger partial charge in [-0.25, -0.2) is 0 Å². The van der Waals surface area contributed by atoms with Crippen LogP contribution in [0.25, 0.3) is 0 Å². The Balaban J connectivity index is 5.19. The van der Waals surface area contributed by atoms with Gasteiger partial charge in [-0.1, -0.05) is 0 Å². The summed E-state index contributed by atoms with van der Waals surface area (Å²) in [7, 11) is 0. The number of carboxylic acid groups (broad SMARTS) is 1. The Morgan fingerprint density at radius 1 is 0.935 bits per heavy atom. The van der Waals surface area contributed by atoms with E-state index in [0.29, 0.717) is 0 Å². The molecule has 4 unspecified atom stereocenters. The second kappa shape index (κ2) is 13.7. The van der Waals surface area contributed by atoms with Crippen LogP contribution < -0.4 is 38.9 Å². The first-order valence-electron chi connectivity index (χ1n) is 9.23. The largest absolute Gasteiger partial charge is 0.480 e. The summed E-state index contributed by atoms with van der Waals surface area (Å²) in [4.78, 5) is 62.3. The summed E-state index contributed by atoms with van der Waals surface area (Å²) in [5, 5.41) is 25.0. The van der Waals surface area contributed by atoms with Crippen LogP contribution in [0.5, 0.6) is 0 Å². The van der Waals surface area contributed by atoms with Crippen molar-refractivity contribution in [1.82, 2.24) is 16.0 Å². The summed E-state index contributed by atoms with van der Waals surface area (Å²) < 4.78 is 0. The molecular weight excluding hydrogens is 416 g/mol. The van der Waals surface area contributed by atoms with E-state index in [1.807, 2.05) is 0 Å². The van der Waals surface area contributed by atoms with Crippen LogP contribution in [0.1, 0.15) is 26.2 Å². The first kappa shape index (κ1) is 27.5. The van der Waals surface area contributed by atoms with Gasteiger partial charge < -0.3 is 49.1 Å². The second-order valence-electron chi connectivity index (χ2n) is 6.60. The van der Waals surface area contributed by atoms with E-state index >= 15 is 0 Å². The molecule has 0 saturated heterocycles. The standard InChI is InChI=1S/C16H30N8O7/c1-7(15(30)31)22-13(28)9(3-2-4-21-16(19)20)23-14(29)10(6-25)24-12(27)8(17)5-11(18)26/h7-10,25H,2-6,17H2,1H3,(H2,18,26)(H,22,28)(H,23,29)(H,24,27)(H,30,31)(H4,19,20,21). The number of aliphatic hydroxyl groups is 1. The number of nitrogens with zero attached hydrogens (tertiary/aromatic N) is 1. The van der Waals surface area contributed by atoms with Crippen LogP contribution in [-0.4, -0.2) is 83.1 Å². The Morgan fingerprint density at radius 3 is 1.97 bits per heavy atom. The van der Waals surface area contributed by atoms with Crippen LogP contribution >= 0.6 is 0 Å². The van der Waals surface area contributed by atoms with Gasteiger partial charge in [0.25, 0.3) is 0 Å². The average molecular weight is 446 g/mol. The molecule has 4 amide bonds. The van der Waals surface area contributed by atoms with Gasteiger partial charge in [0.05, 0.1) is 19.1 Å². The number of carbonyl (C=O) groups is 5. The van der Waals surface area contributed by atoms with Gasteiger partial charge in [-0.3, -0.25) is 29.0 Å². The fraction of sp³-hybridized carbons (Fsp3) is 0.625. The summed E-state index contributed by atoms with van der Waals surface area (Å²) >= 11 is 0. The van der Waals surface area contributed by atoms with E-state index in [0.717, 1.165) is 0 Å². The Bertz CT molecular complexity index is 695. The Hall–Kier alpha value is -3.46. The fourth-order valence-electron chi connectivity index (χ4n) is 2.20. The highest BCUT2D eigenvalue weighted by Gasteiger charge is 2.29. The number of carbonyl (C=O) groups excluding carboxylic acids is 4. The number of nitrogens with two attached hydrogens (primary N) is 4. The van der Waals surface area contributed by atoms with Gasteiger partial charge in [0.1, 0.15) is 18.1 Å². The quantitative estimate of drug-likeness (QED) is 0.0694. The molecule has 0 spiro atoms. The molecule has 176 valence electrons. The molecule has 0 aliphatic heterocycles. The average Bonchev–Trinajstić information content (AvgIpc) is 2.66. The fourth-order valence-corrected chi connectivity index (χ4v) is 2.20. The lowest BCUT2D eigenvalue weighted by Gasteiger charge is -2.23. The van der Waals surface area contributed by atoms with E-state index in [4.69, 9.17) is 28.0 Å². The first-order valence-corrected chi connectivity index (χ1v) is 9.23. The van der Waals surface area contributed by atoms with E-state index < -0.39 is 66.8 Å². The van der Waals surface area contributed by atoms with Crippen LogP contribution in [-0.2, 0) is 24.0 Å². The first-order chi connectivity index (χ1) is 14.4. The molecule has 4 atom stereocenters. The lowest BCUT2D eigenvalue weighted by molar-refractivity contribution is -0.141. The van der Waals surface area contributed by atoms with Crippen molar-refractivity contribution < 1.29 is 34.2 Å². The van der Waals surface area contributed by atoms with Crippen molar-refractivity contribution in [2.45, 2.75) is 50.4 Å². The van der Waals surface area contributed by atoms with Crippen molar-refractivity contribution >= 4 is 35.6 Å². The van der Waals surface area contributed by atoms with Gasteiger partial charge in [-0.2, -0.15) is 0 Å². The highest BCUT2D eigenvalue weighted by Crippen LogP contribution is 2.01. The zero-order chi connectivity index (χ0) is 24.1. The number of amides is 4. The molecule has 0 heterocycles. The van der Waals surface area contributed by atoms with Crippen LogP contribution in [0, 0.1) is 0 Å². The number of hydrogen-bond acceptors (Lipinski definition) is 8. The number of nitrogens with one attached hydrogen (secondary N) is 3. The third-order valence-electron chi connectivity index (χ3n) is 3.88. The van der Waals surface area contributed by atoms with Crippen molar-refractivity contribution in [2.24, 2.45) is 27.9 Å². The van der Waals surface area contributed by atoms with Crippen molar-refractivity contribution in [3.8, 4) is 0 Å². The Morgan fingerprint density at radius 2 is 1.48 bits per heavy atom. The third kappa shape index (κ3) is 11.3. The minimum absolute atomic E-state index is 0.0218. The number of carboxylic acids is 1. The van der Waals surface area contributed by atoms with Crippen LogP contribution in [0.3, 0.4) is 0 Å². The number of aliphatic imine (C=N–C) groups is 1. The number of aliphatic carboxylic acids is 1. The van der Waals surface area contributed by atoms with Crippen LogP contribution in [0.15, 0.2) is 4.99 Å². The predicted octanol–water partition coefficient (Wildman–Crippen LogP) is -5.21. The van der Waals surface area contributed by atoms with E-state index in [-0.39, 0.29) is 25.3 Å². The minimum Gasteiger partial charge on any atom is -0.480 e. The molecule has 0 bridgehead atoms. The van der Waals surface area contributed by atoms with Crippen molar-refractivity contribution in [3.05, 3.63) is 0 Å². The van der Waals surface area contributed by atoms with Gasteiger partial charge in [0.15, 0.2) is 5.96 Å². The maximum absolute atomic E-state index is 12.4. The molecule has 13 N–H and O–H groups in total. The summed E-state index contributed by atoms with van der Waals surface area (Å²) in [6, 6.07) is -5.27. The maximum Gasteiger partial charge on any atom is 0.325 e. The number of rotatable bonds is 14. The highest BCUT2D eigenvalue weighted by molar-refractivity contribution is 5.95. The molecule has 0 radical (unpaired) electrons. The molecule has 31 heavy (non-hydrogen) atoms. The van der Waals surface area contributed by atoms with E-state index in [2.05, 4.69) is 20.9 Å². The summed E-state index contributed by atoms with van der Waals surface area (Å²) in [6.45, 7) is 0.530. The number of guanidine groups is 1. The predicted molar refractivity (Wildman–Crippen MR) is 108 cm³/mol. The summed E-state index contributed by atoms with van der Waals surface area (Å²) in [6.07, 6.45) is -0.208. The van der Waals surface area contributed by atoms with Crippen LogP contribution in [0.4, 0.5) is 0 Å². The molecular formula is C16H30N8O7. The monoisotopic (exact) mass is 446 g/mol. The van der Waals surface area contributed by atoms with Gasteiger partial charge in [-0.05, 0) is 19.8 Å². The molecule has 0 aliphatic rings. The van der Waals surface area contributed by atoms with Crippen molar-refractivity contribution in [3.63, 3.8) is 0 Å². The minimum atomic E-state index is -1.49. The van der Waals surface area contributed by atoms with E-state index in [9.17, 15) is 29.1 Å².